The molecule has 1 fully saturated rings. The highest BCUT2D eigenvalue weighted by Crippen LogP contribution is 2.28. The number of hydrogen-bond acceptors (Lipinski definition) is 4. The Labute approximate surface area is 175 Å². The second-order valence-corrected chi connectivity index (χ2v) is 7.81. The summed E-state index contributed by atoms with van der Waals surface area (Å²) in [4.78, 5) is 22.2. The molecule has 158 valence electrons. The first-order valence-electron chi connectivity index (χ1n) is 10.5. The topological polar surface area (TPSA) is 84.2 Å². The van der Waals surface area contributed by atoms with E-state index in [1.165, 1.54) is 12.1 Å². The number of likely N-dealkylation sites (tertiary alicyclic amines) is 1. The zero-order valence-electron chi connectivity index (χ0n) is 16.9. The van der Waals surface area contributed by atoms with Gasteiger partial charge in [0.05, 0.1) is 17.7 Å². The molecule has 0 radical (unpaired) electrons. The average molecular weight is 410 g/mol. The van der Waals surface area contributed by atoms with Gasteiger partial charge in [0.2, 0.25) is 0 Å². The number of hydrogen-bond donors (Lipinski definition) is 2. The van der Waals surface area contributed by atoms with Crippen LogP contribution in [0.1, 0.15) is 47.8 Å². The van der Waals surface area contributed by atoms with E-state index in [4.69, 9.17) is 10.5 Å². The Hall–Kier alpha value is -2.93. The van der Waals surface area contributed by atoms with Gasteiger partial charge < -0.3 is 20.4 Å². The molecule has 2 heterocycles. The average Bonchev–Trinajstić information content (AvgIpc) is 3.19. The molecule has 1 aliphatic rings. The number of halogens is 1. The number of nitrogens with zero attached hydrogens (tertiary/aromatic N) is 2. The Morgan fingerprint density at radius 2 is 1.93 bits per heavy atom. The number of aromatic amines is 1. The number of para-hydroxylation sites is 1. The maximum absolute atomic E-state index is 12.9. The Morgan fingerprint density at radius 1 is 1.17 bits per heavy atom. The summed E-state index contributed by atoms with van der Waals surface area (Å²) < 4.78 is 18.5. The van der Waals surface area contributed by atoms with Gasteiger partial charge in [0.25, 0.3) is 5.91 Å². The summed E-state index contributed by atoms with van der Waals surface area (Å²) in [5.74, 6) is 1.34. The lowest BCUT2D eigenvalue weighted by Gasteiger charge is -2.31. The summed E-state index contributed by atoms with van der Waals surface area (Å²) in [5, 5.41) is 0. The lowest BCUT2D eigenvalue weighted by molar-refractivity contribution is 0.100. The summed E-state index contributed by atoms with van der Waals surface area (Å²) in [6.07, 6.45) is 4.12. The van der Waals surface area contributed by atoms with Crippen LogP contribution in [0.15, 0.2) is 42.5 Å². The van der Waals surface area contributed by atoms with Crippen molar-refractivity contribution in [1.82, 2.24) is 14.9 Å². The van der Waals surface area contributed by atoms with Crippen molar-refractivity contribution in [3.63, 3.8) is 0 Å². The zero-order valence-corrected chi connectivity index (χ0v) is 16.9. The molecule has 1 saturated heterocycles. The first kappa shape index (κ1) is 20.3. The van der Waals surface area contributed by atoms with Crippen molar-refractivity contribution < 1.29 is 13.9 Å². The highest BCUT2D eigenvalue weighted by molar-refractivity contribution is 6.04. The highest BCUT2D eigenvalue weighted by Gasteiger charge is 2.23. The van der Waals surface area contributed by atoms with Gasteiger partial charge in [-0.15, -0.1) is 0 Å². The number of nitrogens with one attached hydrogen (secondary N) is 1. The number of ether oxygens (including phenoxy) is 1. The van der Waals surface area contributed by atoms with Gasteiger partial charge in [0.15, 0.2) is 0 Å². The molecule has 1 aliphatic heterocycles. The Morgan fingerprint density at radius 3 is 2.67 bits per heavy atom. The fourth-order valence-electron chi connectivity index (χ4n) is 4.03. The lowest BCUT2D eigenvalue weighted by atomic mass is 9.96. The minimum absolute atomic E-state index is 0.248. The van der Waals surface area contributed by atoms with E-state index in [0.717, 1.165) is 56.7 Å². The maximum atomic E-state index is 12.9. The van der Waals surface area contributed by atoms with Crippen LogP contribution < -0.4 is 10.5 Å². The van der Waals surface area contributed by atoms with Crippen molar-refractivity contribution in [2.24, 2.45) is 5.73 Å². The summed E-state index contributed by atoms with van der Waals surface area (Å²) >= 11 is 0. The van der Waals surface area contributed by atoms with Crippen LogP contribution in [0.4, 0.5) is 4.39 Å². The lowest BCUT2D eigenvalue weighted by Crippen LogP contribution is -2.34. The first-order valence-corrected chi connectivity index (χ1v) is 10.5. The van der Waals surface area contributed by atoms with Gasteiger partial charge in [-0.3, -0.25) is 4.79 Å². The van der Waals surface area contributed by atoms with E-state index in [9.17, 15) is 9.18 Å². The number of rotatable bonds is 8. The minimum atomic E-state index is -0.447. The van der Waals surface area contributed by atoms with Crippen LogP contribution in [0, 0.1) is 5.82 Å². The van der Waals surface area contributed by atoms with Gasteiger partial charge in [-0.2, -0.15) is 0 Å². The predicted molar refractivity (Wildman–Crippen MR) is 114 cm³/mol. The number of carbonyl (C=O) groups excluding carboxylic acids is 1. The van der Waals surface area contributed by atoms with Gasteiger partial charge in [-0.1, -0.05) is 6.07 Å². The number of primary amides is 1. The number of unbranched alkanes of at least 4 members (excludes halogenated alkanes) is 1. The van der Waals surface area contributed by atoms with Crippen LogP contribution in [0.3, 0.4) is 0 Å². The van der Waals surface area contributed by atoms with Crippen molar-refractivity contribution in [2.75, 3.05) is 26.2 Å². The van der Waals surface area contributed by atoms with Crippen molar-refractivity contribution in [2.45, 2.75) is 31.6 Å². The van der Waals surface area contributed by atoms with Crippen LogP contribution in [0.2, 0.25) is 0 Å². The normalized spacial score (nSPS) is 15.5. The number of benzene rings is 2. The largest absolute Gasteiger partial charge is 0.494 e. The summed E-state index contributed by atoms with van der Waals surface area (Å²) in [7, 11) is 0. The smallest absolute Gasteiger partial charge is 0.250 e. The molecular formula is C23H27FN4O2. The van der Waals surface area contributed by atoms with Gasteiger partial charge in [0, 0.05) is 5.92 Å². The van der Waals surface area contributed by atoms with Gasteiger partial charge in [0.1, 0.15) is 22.9 Å². The Kier molecular flexibility index (Phi) is 6.28. The minimum Gasteiger partial charge on any atom is -0.494 e. The zero-order chi connectivity index (χ0) is 20.9. The van der Waals surface area contributed by atoms with Gasteiger partial charge in [-0.05, 0) is 81.7 Å². The summed E-state index contributed by atoms with van der Waals surface area (Å²) in [6.45, 7) is 3.75. The second-order valence-electron chi connectivity index (χ2n) is 7.81. The molecule has 6 nitrogen and oxygen atoms in total. The van der Waals surface area contributed by atoms with Crippen LogP contribution >= 0.6 is 0 Å². The second kappa shape index (κ2) is 9.26. The van der Waals surface area contributed by atoms with Gasteiger partial charge in [-0.25, -0.2) is 9.37 Å². The molecule has 7 heteroatoms. The molecule has 0 bridgehead atoms. The molecule has 3 aromatic rings. The van der Waals surface area contributed by atoms with Gasteiger partial charge >= 0.3 is 0 Å². The Balaban J connectivity index is 1.21. The first-order chi connectivity index (χ1) is 14.6. The van der Waals surface area contributed by atoms with Crippen molar-refractivity contribution in [3.8, 4) is 5.75 Å². The molecule has 1 aromatic heterocycles. The maximum Gasteiger partial charge on any atom is 0.250 e. The monoisotopic (exact) mass is 410 g/mol. The third-order valence-electron chi connectivity index (χ3n) is 5.72. The van der Waals surface area contributed by atoms with E-state index in [1.807, 2.05) is 12.1 Å². The molecule has 0 unspecified atom stereocenters. The summed E-state index contributed by atoms with van der Waals surface area (Å²) in [5.41, 5.74) is 7.47. The molecule has 0 spiro atoms. The molecule has 30 heavy (non-hydrogen) atoms. The molecule has 1 amide bonds. The number of nitrogens with two attached hydrogens (primary N) is 1. The van der Waals surface area contributed by atoms with Crippen molar-refractivity contribution >= 4 is 16.9 Å². The Bertz CT molecular complexity index is 994. The fraction of sp³-hybridized carbons (Fsp3) is 0.391. The van der Waals surface area contributed by atoms with E-state index >= 15 is 0 Å². The molecule has 0 aliphatic carbocycles. The van der Waals surface area contributed by atoms with E-state index in [2.05, 4.69) is 14.9 Å². The predicted octanol–water partition coefficient (Wildman–Crippen LogP) is 3.84. The number of carbonyl (C=O) groups is 1. The number of imidazole rings is 1. The van der Waals surface area contributed by atoms with E-state index in [-0.39, 0.29) is 5.82 Å². The third kappa shape index (κ3) is 4.79. The van der Waals surface area contributed by atoms with Crippen LogP contribution in [0.25, 0.3) is 11.0 Å². The van der Waals surface area contributed by atoms with Crippen LogP contribution in [-0.4, -0.2) is 47.0 Å². The van der Waals surface area contributed by atoms with E-state index in [0.29, 0.717) is 29.4 Å². The molecular weight excluding hydrogens is 383 g/mol. The number of fused-ring (bicyclic) bond motifs is 1. The molecule has 0 atom stereocenters. The molecule has 3 N–H and O–H groups in total. The molecule has 0 saturated carbocycles. The SMILES string of the molecule is NC(=O)c1cccc2[nH]c(C3CCN(CCCCOc4ccc(F)cc4)CC3)nc12. The van der Waals surface area contributed by atoms with E-state index < -0.39 is 5.91 Å². The molecule has 4 rings (SSSR count). The molecule has 2 aromatic carbocycles. The van der Waals surface area contributed by atoms with Crippen molar-refractivity contribution in [1.29, 1.82) is 0 Å². The van der Waals surface area contributed by atoms with Crippen molar-refractivity contribution in [3.05, 3.63) is 59.7 Å². The third-order valence-corrected chi connectivity index (χ3v) is 5.72. The van der Waals surface area contributed by atoms with Crippen LogP contribution in [0.5, 0.6) is 5.75 Å². The number of piperidine rings is 1. The number of aromatic nitrogens is 2. The van der Waals surface area contributed by atoms with E-state index in [1.54, 1.807) is 18.2 Å². The fourth-order valence-corrected chi connectivity index (χ4v) is 4.03. The summed E-state index contributed by atoms with van der Waals surface area (Å²) in [6, 6.07) is 11.6. The van der Waals surface area contributed by atoms with Crippen LogP contribution in [-0.2, 0) is 0 Å². The standard InChI is InChI=1S/C23H27FN4O2/c24-17-6-8-18(9-7-17)30-15-2-1-12-28-13-10-16(11-14-28)23-26-20-5-3-4-19(22(25)29)21(20)27-23/h3-9,16H,1-2,10-15H2,(H2,25,29)(H,26,27). The quantitative estimate of drug-likeness (QED) is 0.553. The number of amides is 1. The highest BCUT2D eigenvalue weighted by atomic mass is 19.1. The number of H-pyrrole nitrogens is 1.